The molecular formula is C21H28O4. The minimum absolute atomic E-state index is 0.119. The van der Waals surface area contributed by atoms with Gasteiger partial charge in [-0.25, -0.2) is 0 Å². The van der Waals surface area contributed by atoms with E-state index < -0.39 is 0 Å². The fraction of sp³-hybridized carbons (Fsp3) is 0.429. The van der Waals surface area contributed by atoms with Crippen LogP contribution in [0.3, 0.4) is 0 Å². The van der Waals surface area contributed by atoms with Crippen LogP contribution in [0.4, 0.5) is 0 Å². The van der Waals surface area contributed by atoms with Crippen molar-refractivity contribution in [1.82, 2.24) is 0 Å². The first-order valence-corrected chi connectivity index (χ1v) is 8.60. The molecule has 2 aromatic rings. The second kappa shape index (κ2) is 8.88. The van der Waals surface area contributed by atoms with Gasteiger partial charge in [-0.1, -0.05) is 38.1 Å². The Hall–Kier alpha value is -2.04. The number of methoxy groups -OCH3 is 1. The molecule has 2 aromatic carbocycles. The highest BCUT2D eigenvalue weighted by atomic mass is 16.6. The van der Waals surface area contributed by atoms with Crippen LogP contribution in [0.25, 0.3) is 0 Å². The van der Waals surface area contributed by atoms with Crippen LogP contribution < -0.4 is 4.74 Å². The van der Waals surface area contributed by atoms with Crippen molar-refractivity contribution in [1.29, 1.82) is 0 Å². The fourth-order valence-electron chi connectivity index (χ4n) is 2.37. The van der Waals surface area contributed by atoms with Crippen LogP contribution in [-0.4, -0.2) is 38.1 Å². The van der Waals surface area contributed by atoms with Crippen molar-refractivity contribution < 1.29 is 19.3 Å². The first-order valence-electron chi connectivity index (χ1n) is 8.60. The van der Waals surface area contributed by atoms with Gasteiger partial charge in [0.05, 0.1) is 6.61 Å². The number of epoxide rings is 1. The Morgan fingerprint density at radius 3 is 1.96 bits per heavy atom. The van der Waals surface area contributed by atoms with Gasteiger partial charge in [-0.2, -0.15) is 0 Å². The highest BCUT2D eigenvalue weighted by Crippen LogP contribution is 2.33. The maximum Gasteiger partial charge on any atom is 0.119 e. The zero-order valence-electron chi connectivity index (χ0n) is 15.5. The van der Waals surface area contributed by atoms with Gasteiger partial charge in [-0.15, -0.1) is 0 Å². The number of hydrogen-bond donors (Lipinski definition) is 1. The second-order valence-corrected chi connectivity index (χ2v) is 6.54. The summed E-state index contributed by atoms with van der Waals surface area (Å²) in [6.07, 6.45) is 0.276. The van der Waals surface area contributed by atoms with Crippen LogP contribution in [0.1, 0.15) is 31.9 Å². The van der Waals surface area contributed by atoms with Crippen LogP contribution in [0.15, 0.2) is 48.5 Å². The van der Waals surface area contributed by atoms with Gasteiger partial charge in [0.1, 0.15) is 24.2 Å². The van der Waals surface area contributed by atoms with Crippen LogP contribution in [0.5, 0.6) is 11.5 Å². The van der Waals surface area contributed by atoms with E-state index in [1.165, 1.54) is 11.1 Å². The molecule has 0 bridgehead atoms. The molecule has 1 unspecified atom stereocenters. The number of rotatable bonds is 6. The molecule has 0 aliphatic carbocycles. The lowest BCUT2D eigenvalue weighted by molar-refractivity contribution is 0.215. The Kier molecular flexibility index (Phi) is 6.85. The quantitative estimate of drug-likeness (QED) is 0.800. The van der Waals surface area contributed by atoms with Gasteiger partial charge in [0.15, 0.2) is 0 Å². The SMILES string of the molecule is CC(C)(c1ccc(O)cc1)c1ccc(OCC2CO2)cc1.CCOC. The van der Waals surface area contributed by atoms with Gasteiger partial charge in [-0.05, 0) is 42.3 Å². The summed E-state index contributed by atoms with van der Waals surface area (Å²) in [7, 11) is 1.68. The average molecular weight is 344 g/mol. The molecule has 0 saturated carbocycles. The second-order valence-electron chi connectivity index (χ2n) is 6.54. The molecule has 4 nitrogen and oxygen atoms in total. The van der Waals surface area contributed by atoms with Crippen LogP contribution >= 0.6 is 0 Å². The molecule has 0 spiro atoms. The van der Waals surface area contributed by atoms with Gasteiger partial charge in [0, 0.05) is 19.1 Å². The van der Waals surface area contributed by atoms with E-state index in [-0.39, 0.29) is 11.5 Å². The molecule has 25 heavy (non-hydrogen) atoms. The highest BCUT2D eigenvalue weighted by Gasteiger charge is 2.24. The molecule has 0 amide bonds. The molecule has 1 N–H and O–H groups in total. The molecule has 1 atom stereocenters. The van der Waals surface area contributed by atoms with E-state index in [0.29, 0.717) is 12.4 Å². The molecule has 136 valence electrons. The predicted octanol–water partition coefficient (Wildman–Crippen LogP) is 4.15. The number of benzene rings is 2. The summed E-state index contributed by atoms with van der Waals surface area (Å²) in [6, 6.07) is 15.6. The van der Waals surface area contributed by atoms with Crippen molar-refractivity contribution in [2.75, 3.05) is 26.9 Å². The third-order valence-corrected chi connectivity index (χ3v) is 4.29. The summed E-state index contributed by atoms with van der Waals surface area (Å²) in [4.78, 5) is 0. The first kappa shape index (κ1) is 19.3. The molecule has 1 aliphatic heterocycles. The van der Waals surface area contributed by atoms with Gasteiger partial charge < -0.3 is 19.3 Å². The van der Waals surface area contributed by atoms with Crippen molar-refractivity contribution in [3.63, 3.8) is 0 Å². The average Bonchev–Trinajstić information content (AvgIpc) is 3.45. The van der Waals surface area contributed by atoms with Crippen LogP contribution in [0.2, 0.25) is 0 Å². The smallest absolute Gasteiger partial charge is 0.119 e. The van der Waals surface area contributed by atoms with Gasteiger partial charge >= 0.3 is 0 Å². The van der Waals surface area contributed by atoms with Crippen LogP contribution in [0, 0.1) is 0 Å². The van der Waals surface area contributed by atoms with Crippen molar-refractivity contribution in [2.24, 2.45) is 0 Å². The largest absolute Gasteiger partial charge is 0.508 e. The minimum Gasteiger partial charge on any atom is -0.508 e. The van der Waals surface area contributed by atoms with E-state index in [1.54, 1.807) is 19.2 Å². The molecule has 1 aliphatic rings. The molecule has 0 radical (unpaired) electrons. The molecule has 1 fully saturated rings. The summed E-state index contributed by atoms with van der Waals surface area (Å²) in [5.41, 5.74) is 2.26. The van der Waals surface area contributed by atoms with Gasteiger partial charge in [0.2, 0.25) is 0 Å². The van der Waals surface area contributed by atoms with E-state index in [0.717, 1.165) is 19.0 Å². The molecule has 1 heterocycles. The molecule has 3 rings (SSSR count). The molecule has 4 heteroatoms. The van der Waals surface area contributed by atoms with E-state index in [2.05, 4.69) is 30.7 Å². The fourth-order valence-corrected chi connectivity index (χ4v) is 2.37. The minimum atomic E-state index is -0.119. The third kappa shape index (κ3) is 5.76. The number of hydrogen-bond acceptors (Lipinski definition) is 4. The number of ether oxygens (including phenoxy) is 3. The maximum atomic E-state index is 9.41. The molecule has 0 aromatic heterocycles. The van der Waals surface area contributed by atoms with Gasteiger partial charge in [0.25, 0.3) is 0 Å². The van der Waals surface area contributed by atoms with E-state index in [9.17, 15) is 5.11 Å². The zero-order chi connectivity index (χ0) is 18.3. The Labute approximate surface area is 150 Å². The normalized spacial score (nSPS) is 15.9. The third-order valence-electron chi connectivity index (χ3n) is 4.29. The van der Waals surface area contributed by atoms with E-state index >= 15 is 0 Å². The number of phenolic OH excluding ortho intramolecular Hbond substituents is 1. The lowest BCUT2D eigenvalue weighted by atomic mass is 9.78. The van der Waals surface area contributed by atoms with Crippen LogP contribution in [-0.2, 0) is 14.9 Å². The summed E-state index contributed by atoms with van der Waals surface area (Å²) >= 11 is 0. The first-order chi connectivity index (χ1) is 12.0. The van der Waals surface area contributed by atoms with E-state index in [4.69, 9.17) is 9.47 Å². The predicted molar refractivity (Wildman–Crippen MR) is 99.5 cm³/mol. The lowest BCUT2D eigenvalue weighted by Gasteiger charge is -2.26. The highest BCUT2D eigenvalue weighted by molar-refractivity contribution is 5.41. The number of phenols is 1. The van der Waals surface area contributed by atoms with Crippen molar-refractivity contribution in [2.45, 2.75) is 32.3 Å². The summed E-state index contributed by atoms with van der Waals surface area (Å²) in [5.74, 6) is 1.16. The Morgan fingerprint density at radius 2 is 1.52 bits per heavy atom. The van der Waals surface area contributed by atoms with Crippen molar-refractivity contribution in [3.05, 3.63) is 59.7 Å². The van der Waals surface area contributed by atoms with E-state index in [1.807, 2.05) is 31.2 Å². The monoisotopic (exact) mass is 344 g/mol. The summed E-state index contributed by atoms with van der Waals surface area (Å²) in [6.45, 7) is 8.56. The van der Waals surface area contributed by atoms with Crippen molar-refractivity contribution >= 4 is 0 Å². The Morgan fingerprint density at radius 1 is 1.04 bits per heavy atom. The Bertz CT molecular complexity index is 626. The standard InChI is InChI=1S/C18H20O3.C3H8O/c1-18(2,13-3-7-15(19)8-4-13)14-5-9-16(10-6-14)20-11-17-12-21-17;1-3-4-2/h3-10,17,19H,11-12H2,1-2H3;3H2,1-2H3. The topological polar surface area (TPSA) is 51.2 Å². The van der Waals surface area contributed by atoms with Gasteiger partial charge in [-0.3, -0.25) is 0 Å². The summed E-state index contributed by atoms with van der Waals surface area (Å²) in [5, 5.41) is 9.41. The summed E-state index contributed by atoms with van der Waals surface area (Å²) < 4.78 is 15.3. The lowest BCUT2D eigenvalue weighted by Crippen LogP contribution is -2.18. The molecule has 1 saturated heterocycles. The van der Waals surface area contributed by atoms with Crippen molar-refractivity contribution in [3.8, 4) is 11.5 Å². The molecular weight excluding hydrogens is 316 g/mol. The Balaban J connectivity index is 0.000000511. The zero-order valence-corrected chi connectivity index (χ0v) is 15.5. The maximum absolute atomic E-state index is 9.41. The number of aromatic hydroxyl groups is 1.